The number of anilines is 2. The molecule has 0 heterocycles. The maximum Gasteiger partial charge on any atom is 0.0384 e. The average molecular weight is 292 g/mol. The zero-order valence-electron chi connectivity index (χ0n) is 9.80. The summed E-state index contributed by atoms with van der Waals surface area (Å²) in [5.41, 5.74) is 2.24. The first-order valence-corrected chi connectivity index (χ1v) is 5.82. The number of nitrogens with one attached hydrogen (secondary N) is 1. The summed E-state index contributed by atoms with van der Waals surface area (Å²) in [5.74, 6) is 0. The predicted molar refractivity (Wildman–Crippen MR) is 80.3 cm³/mol. The van der Waals surface area contributed by atoms with Crippen molar-refractivity contribution in [2.45, 2.75) is 19.3 Å². The maximum atomic E-state index is 3.30. The summed E-state index contributed by atoms with van der Waals surface area (Å²) in [6, 6.07) is 20.3. The summed E-state index contributed by atoms with van der Waals surface area (Å²) in [5, 5.41) is 3.30. The van der Waals surface area contributed by atoms with Crippen LogP contribution in [-0.4, -0.2) is 0 Å². The van der Waals surface area contributed by atoms with E-state index in [0.29, 0.717) is 0 Å². The summed E-state index contributed by atoms with van der Waals surface area (Å²) >= 11 is 0. The molecule has 1 fully saturated rings. The smallest absolute Gasteiger partial charge is 0.0384 e. The lowest BCUT2D eigenvalue weighted by molar-refractivity contribution is 1.50. The van der Waals surface area contributed by atoms with Crippen LogP contribution in [0, 0.1) is 0 Å². The zero-order chi connectivity index (χ0) is 11.1. The lowest BCUT2D eigenvalue weighted by atomic mass is 10.3. The molecule has 0 aromatic heterocycles. The Morgan fingerprint density at radius 3 is 1.24 bits per heavy atom. The predicted octanol–water partition coefficient (Wildman–Crippen LogP) is 5.18. The topological polar surface area (TPSA) is 12.0 Å². The zero-order valence-corrected chi connectivity index (χ0v) is 11.5. The second kappa shape index (κ2) is 7.91. The first kappa shape index (κ1) is 13.8. The molecule has 90 valence electrons. The van der Waals surface area contributed by atoms with Gasteiger partial charge in [0.2, 0.25) is 0 Å². The fourth-order valence-corrected chi connectivity index (χ4v) is 1.21. The average Bonchev–Trinajstić information content (AvgIpc) is 3.19. The van der Waals surface area contributed by atoms with E-state index in [4.69, 9.17) is 0 Å². The molecule has 17 heavy (non-hydrogen) atoms. The van der Waals surface area contributed by atoms with Crippen LogP contribution in [0.25, 0.3) is 0 Å². The Labute approximate surface area is 114 Å². The van der Waals surface area contributed by atoms with Gasteiger partial charge in [-0.2, -0.15) is 0 Å². The van der Waals surface area contributed by atoms with Crippen LogP contribution in [0.2, 0.25) is 0 Å². The van der Waals surface area contributed by atoms with Crippen LogP contribution in [-0.2, 0) is 0 Å². The standard InChI is InChI=1S/C12H11N.C3H6.BrH/c1-3-7-11(8-4-1)13-12-9-5-2-6-10-12;1-2-3-1;/h1-10,13H;1-3H2;1H. The van der Waals surface area contributed by atoms with Gasteiger partial charge in [0.05, 0.1) is 0 Å². The molecule has 1 aliphatic rings. The van der Waals surface area contributed by atoms with Gasteiger partial charge in [0.25, 0.3) is 0 Å². The van der Waals surface area contributed by atoms with E-state index in [1.807, 2.05) is 60.7 Å². The van der Waals surface area contributed by atoms with Crippen LogP contribution in [0.1, 0.15) is 19.3 Å². The lowest BCUT2D eigenvalue weighted by Gasteiger charge is -2.04. The molecular formula is C15H18BrN. The van der Waals surface area contributed by atoms with Gasteiger partial charge in [0.1, 0.15) is 0 Å². The minimum Gasteiger partial charge on any atom is -0.356 e. The van der Waals surface area contributed by atoms with Crippen molar-refractivity contribution < 1.29 is 0 Å². The Bertz CT molecular complexity index is 358. The number of para-hydroxylation sites is 2. The molecule has 3 rings (SSSR count). The van der Waals surface area contributed by atoms with E-state index in [9.17, 15) is 0 Å². The van der Waals surface area contributed by atoms with E-state index in [1.165, 1.54) is 19.3 Å². The van der Waals surface area contributed by atoms with Gasteiger partial charge in [-0.3, -0.25) is 0 Å². The Morgan fingerprint density at radius 1 is 0.588 bits per heavy atom. The van der Waals surface area contributed by atoms with E-state index in [0.717, 1.165) is 11.4 Å². The third-order valence-corrected chi connectivity index (χ3v) is 2.19. The fourth-order valence-electron chi connectivity index (χ4n) is 1.21. The second-order valence-corrected chi connectivity index (χ2v) is 3.92. The van der Waals surface area contributed by atoms with Crippen LogP contribution in [0.15, 0.2) is 60.7 Å². The normalized spacial score (nSPS) is 11.5. The van der Waals surface area contributed by atoms with E-state index >= 15 is 0 Å². The highest BCUT2D eigenvalue weighted by Gasteiger charge is 1.95. The SMILES string of the molecule is Br.C1CC1.c1ccc(Nc2ccccc2)cc1. The molecule has 1 aliphatic carbocycles. The Hall–Kier alpha value is -1.28. The lowest BCUT2D eigenvalue weighted by Crippen LogP contribution is -1.87. The highest BCUT2D eigenvalue weighted by atomic mass is 79.9. The van der Waals surface area contributed by atoms with Crippen molar-refractivity contribution in [3.8, 4) is 0 Å². The van der Waals surface area contributed by atoms with Gasteiger partial charge < -0.3 is 5.32 Å². The number of rotatable bonds is 2. The Balaban J connectivity index is 0.000000316. The minimum absolute atomic E-state index is 0. The molecule has 0 unspecified atom stereocenters. The Kier molecular flexibility index (Phi) is 6.41. The van der Waals surface area contributed by atoms with Crippen LogP contribution in [0.4, 0.5) is 11.4 Å². The summed E-state index contributed by atoms with van der Waals surface area (Å²) < 4.78 is 0. The molecule has 0 spiro atoms. The monoisotopic (exact) mass is 291 g/mol. The summed E-state index contributed by atoms with van der Waals surface area (Å²) in [6.45, 7) is 0. The molecule has 1 saturated carbocycles. The molecule has 0 aliphatic heterocycles. The van der Waals surface area contributed by atoms with Crippen molar-refractivity contribution >= 4 is 28.4 Å². The number of hydrogen-bond acceptors (Lipinski definition) is 1. The van der Waals surface area contributed by atoms with Crippen molar-refractivity contribution in [2.24, 2.45) is 0 Å². The molecule has 2 aromatic carbocycles. The third-order valence-electron chi connectivity index (χ3n) is 2.19. The molecule has 2 heteroatoms. The van der Waals surface area contributed by atoms with E-state index in [-0.39, 0.29) is 17.0 Å². The highest BCUT2D eigenvalue weighted by Crippen LogP contribution is 2.15. The number of hydrogen-bond donors (Lipinski definition) is 1. The summed E-state index contributed by atoms with van der Waals surface area (Å²) in [7, 11) is 0. The fraction of sp³-hybridized carbons (Fsp3) is 0.200. The van der Waals surface area contributed by atoms with Crippen LogP contribution >= 0.6 is 17.0 Å². The van der Waals surface area contributed by atoms with E-state index in [1.54, 1.807) is 0 Å². The van der Waals surface area contributed by atoms with Crippen molar-refractivity contribution in [1.82, 2.24) is 0 Å². The summed E-state index contributed by atoms with van der Waals surface area (Å²) in [4.78, 5) is 0. The van der Waals surface area contributed by atoms with Gasteiger partial charge in [0.15, 0.2) is 0 Å². The molecule has 0 atom stereocenters. The van der Waals surface area contributed by atoms with E-state index in [2.05, 4.69) is 5.32 Å². The molecule has 0 bridgehead atoms. The van der Waals surface area contributed by atoms with Crippen molar-refractivity contribution in [1.29, 1.82) is 0 Å². The van der Waals surface area contributed by atoms with Crippen molar-refractivity contribution in [2.75, 3.05) is 5.32 Å². The molecule has 1 nitrogen and oxygen atoms in total. The van der Waals surface area contributed by atoms with Gasteiger partial charge in [0, 0.05) is 11.4 Å². The van der Waals surface area contributed by atoms with Crippen molar-refractivity contribution in [3.05, 3.63) is 60.7 Å². The molecule has 0 amide bonds. The van der Waals surface area contributed by atoms with Gasteiger partial charge in [-0.15, -0.1) is 17.0 Å². The van der Waals surface area contributed by atoms with Crippen LogP contribution in [0.5, 0.6) is 0 Å². The molecule has 1 N–H and O–H groups in total. The second-order valence-electron chi connectivity index (χ2n) is 3.92. The quantitative estimate of drug-likeness (QED) is 0.804. The first-order valence-electron chi connectivity index (χ1n) is 5.82. The van der Waals surface area contributed by atoms with Gasteiger partial charge >= 0.3 is 0 Å². The molecule has 2 aromatic rings. The summed E-state index contributed by atoms with van der Waals surface area (Å²) in [6.07, 6.45) is 4.50. The van der Waals surface area contributed by atoms with Crippen LogP contribution < -0.4 is 5.32 Å². The maximum absolute atomic E-state index is 3.30. The van der Waals surface area contributed by atoms with Crippen LogP contribution in [0.3, 0.4) is 0 Å². The van der Waals surface area contributed by atoms with Crippen molar-refractivity contribution in [3.63, 3.8) is 0 Å². The molecule has 0 radical (unpaired) electrons. The van der Waals surface area contributed by atoms with E-state index < -0.39 is 0 Å². The molecule has 0 saturated heterocycles. The highest BCUT2D eigenvalue weighted by molar-refractivity contribution is 8.93. The number of halogens is 1. The number of benzene rings is 2. The largest absolute Gasteiger partial charge is 0.356 e. The third kappa shape index (κ3) is 6.12. The Morgan fingerprint density at radius 2 is 0.941 bits per heavy atom. The first-order chi connectivity index (χ1) is 7.95. The van der Waals surface area contributed by atoms with Gasteiger partial charge in [-0.1, -0.05) is 55.7 Å². The van der Waals surface area contributed by atoms with Gasteiger partial charge in [-0.05, 0) is 24.3 Å². The minimum atomic E-state index is 0. The van der Waals surface area contributed by atoms with Gasteiger partial charge in [-0.25, -0.2) is 0 Å². The molecular weight excluding hydrogens is 274 g/mol.